The summed E-state index contributed by atoms with van der Waals surface area (Å²) in [4.78, 5) is 2.46. The molecular formula is C70H48N2O. The van der Waals surface area contributed by atoms with Crippen molar-refractivity contribution < 1.29 is 4.42 Å². The molecule has 0 fully saturated rings. The van der Waals surface area contributed by atoms with Gasteiger partial charge in [0.15, 0.2) is 0 Å². The van der Waals surface area contributed by atoms with Crippen LogP contribution in [0.3, 0.4) is 0 Å². The highest BCUT2D eigenvalue weighted by Gasteiger charge is 2.46. The number of anilines is 3. The number of nitrogens with zero attached hydrogens (tertiary/aromatic N) is 2. The van der Waals surface area contributed by atoms with Gasteiger partial charge in [0, 0.05) is 55.3 Å². The van der Waals surface area contributed by atoms with Crippen LogP contribution in [0.25, 0.3) is 82.8 Å². The normalized spacial score (nSPS) is 13.8. The van der Waals surface area contributed by atoms with Crippen molar-refractivity contribution in [2.24, 2.45) is 0 Å². The molecule has 11 aromatic carbocycles. The van der Waals surface area contributed by atoms with Crippen LogP contribution in [-0.4, -0.2) is 4.57 Å². The summed E-state index contributed by atoms with van der Waals surface area (Å²) < 4.78 is 8.99. The van der Waals surface area contributed by atoms with E-state index in [1.807, 2.05) is 6.07 Å². The van der Waals surface area contributed by atoms with Crippen molar-refractivity contribution in [1.29, 1.82) is 0 Å². The van der Waals surface area contributed by atoms with Gasteiger partial charge in [-0.1, -0.05) is 202 Å². The summed E-state index contributed by atoms with van der Waals surface area (Å²) in [5.74, 6) is 0. The molecule has 73 heavy (non-hydrogen) atoms. The highest BCUT2D eigenvalue weighted by molar-refractivity contribution is 6.10. The molecule has 0 atom stereocenters. The molecule has 0 amide bonds. The second-order valence-corrected chi connectivity index (χ2v) is 20.4. The lowest BCUT2D eigenvalue weighted by molar-refractivity contribution is 0.660. The molecule has 2 heterocycles. The topological polar surface area (TPSA) is 21.3 Å². The van der Waals surface area contributed by atoms with Crippen LogP contribution in [0.15, 0.2) is 259 Å². The molecule has 2 aliphatic carbocycles. The zero-order valence-corrected chi connectivity index (χ0v) is 40.6. The van der Waals surface area contributed by atoms with E-state index in [2.05, 4.69) is 272 Å². The predicted octanol–water partition coefficient (Wildman–Crippen LogP) is 18.5. The van der Waals surface area contributed by atoms with E-state index in [0.29, 0.717) is 0 Å². The minimum absolute atomic E-state index is 0.280. The van der Waals surface area contributed by atoms with Crippen molar-refractivity contribution in [1.82, 2.24) is 4.57 Å². The molecule has 0 N–H and O–H groups in total. The van der Waals surface area contributed by atoms with Crippen molar-refractivity contribution in [3.05, 3.63) is 288 Å². The van der Waals surface area contributed by atoms with Crippen LogP contribution in [0.1, 0.15) is 47.2 Å². The van der Waals surface area contributed by atoms with E-state index in [0.717, 1.165) is 50.1 Å². The monoisotopic (exact) mass is 932 g/mol. The Morgan fingerprint density at radius 3 is 1.60 bits per heavy atom. The van der Waals surface area contributed by atoms with E-state index < -0.39 is 5.41 Å². The van der Waals surface area contributed by atoms with Gasteiger partial charge in [-0.3, -0.25) is 0 Å². The van der Waals surface area contributed by atoms with Gasteiger partial charge in [-0.15, -0.1) is 0 Å². The first-order valence-corrected chi connectivity index (χ1v) is 25.4. The van der Waals surface area contributed by atoms with Crippen molar-refractivity contribution in [2.75, 3.05) is 4.90 Å². The molecule has 15 rings (SSSR count). The van der Waals surface area contributed by atoms with Crippen molar-refractivity contribution in [2.45, 2.75) is 24.7 Å². The fourth-order valence-corrected chi connectivity index (χ4v) is 13.0. The Kier molecular flexibility index (Phi) is 8.92. The Balaban J connectivity index is 0.903. The standard InChI is InChI=1S/C70H48N2O/c1-69(2)63-43-50(36-39-54(63)55-40-37-51(44-64(55)69)72-65-29-14-10-23-56(65)57-24-11-15-30-66(57)72)71(48-34-32-45(33-35-48)52-26-17-27-59-58-25-12-16-31-67(58)73-68(52)59)49-38-41-62-60(42-49)53-22-9-13-28-61(53)70(62,46-18-5-3-6-19-46)47-20-7-4-8-21-47/h3-44H,1-2H3. The van der Waals surface area contributed by atoms with Crippen molar-refractivity contribution in [3.63, 3.8) is 0 Å². The molecule has 3 nitrogen and oxygen atoms in total. The minimum atomic E-state index is -0.488. The summed E-state index contributed by atoms with van der Waals surface area (Å²) in [6.45, 7) is 4.79. The summed E-state index contributed by atoms with van der Waals surface area (Å²) in [6, 6.07) is 94.0. The van der Waals surface area contributed by atoms with Crippen LogP contribution >= 0.6 is 0 Å². The molecule has 344 valence electrons. The van der Waals surface area contributed by atoms with Crippen LogP contribution in [0, 0.1) is 0 Å². The molecular weight excluding hydrogens is 885 g/mol. The maximum Gasteiger partial charge on any atom is 0.143 e. The Hall–Kier alpha value is -9.18. The SMILES string of the molecule is CC1(C)c2cc(N(c3ccc(-c4cccc5c4oc4ccccc45)cc3)c3ccc4c(c3)-c3ccccc3C4(c3ccccc3)c3ccccc3)ccc2-c2ccc(-n3c4ccccc4c4ccccc43)cc21. The second kappa shape index (κ2) is 15.7. The van der Waals surface area contributed by atoms with Gasteiger partial charge >= 0.3 is 0 Å². The third-order valence-corrected chi connectivity index (χ3v) is 16.3. The van der Waals surface area contributed by atoms with Gasteiger partial charge < -0.3 is 13.9 Å². The average molecular weight is 933 g/mol. The number of hydrogen-bond acceptors (Lipinski definition) is 2. The first-order valence-electron chi connectivity index (χ1n) is 25.4. The number of rotatable bonds is 7. The molecule has 0 saturated heterocycles. The molecule has 3 heteroatoms. The van der Waals surface area contributed by atoms with E-state index in [1.54, 1.807) is 0 Å². The van der Waals surface area contributed by atoms with Gasteiger partial charge in [0.05, 0.1) is 16.4 Å². The molecule has 2 aromatic heterocycles. The van der Waals surface area contributed by atoms with Crippen LogP contribution in [0.4, 0.5) is 17.1 Å². The first-order chi connectivity index (χ1) is 36.0. The third kappa shape index (κ3) is 5.94. The molecule has 0 saturated carbocycles. The van der Waals surface area contributed by atoms with Crippen molar-refractivity contribution in [3.8, 4) is 39.1 Å². The Labute approximate surface area is 424 Å². The Bertz CT molecular complexity index is 4250. The number of benzene rings is 11. The summed E-state index contributed by atoms with van der Waals surface area (Å²) in [5, 5.41) is 4.80. The zero-order valence-electron chi connectivity index (χ0n) is 40.6. The van der Waals surface area contributed by atoms with Crippen LogP contribution in [-0.2, 0) is 10.8 Å². The second-order valence-electron chi connectivity index (χ2n) is 20.4. The third-order valence-electron chi connectivity index (χ3n) is 16.3. The fourth-order valence-electron chi connectivity index (χ4n) is 13.0. The summed E-state index contributed by atoms with van der Waals surface area (Å²) in [7, 11) is 0. The first kappa shape index (κ1) is 41.6. The molecule has 0 bridgehead atoms. The van der Waals surface area contributed by atoms with Gasteiger partial charge in [-0.2, -0.15) is 0 Å². The van der Waals surface area contributed by atoms with Gasteiger partial charge in [-0.25, -0.2) is 0 Å². The molecule has 0 unspecified atom stereocenters. The molecule has 0 aliphatic heterocycles. The number of furan rings is 1. The lowest BCUT2D eigenvalue weighted by Crippen LogP contribution is -2.28. The number of hydrogen-bond donors (Lipinski definition) is 0. The predicted molar refractivity (Wildman–Crippen MR) is 303 cm³/mol. The van der Waals surface area contributed by atoms with Gasteiger partial charge in [0.25, 0.3) is 0 Å². The van der Waals surface area contributed by atoms with E-state index in [1.165, 1.54) is 83.1 Å². The zero-order chi connectivity index (χ0) is 48.4. The molecule has 13 aromatic rings. The van der Waals surface area contributed by atoms with E-state index >= 15 is 0 Å². The van der Waals surface area contributed by atoms with E-state index in [-0.39, 0.29) is 5.41 Å². The molecule has 0 spiro atoms. The highest BCUT2D eigenvalue weighted by atomic mass is 16.3. The summed E-state index contributed by atoms with van der Waals surface area (Å²) in [5.41, 5.74) is 23.0. The van der Waals surface area contributed by atoms with Gasteiger partial charge in [-0.05, 0) is 128 Å². The lowest BCUT2D eigenvalue weighted by atomic mass is 9.68. The molecule has 0 radical (unpaired) electrons. The van der Waals surface area contributed by atoms with Crippen LogP contribution < -0.4 is 4.90 Å². The molecule has 2 aliphatic rings. The number of aromatic nitrogens is 1. The number of para-hydroxylation sites is 4. The average Bonchev–Trinajstić information content (AvgIpc) is 4.16. The quantitative estimate of drug-likeness (QED) is 0.159. The number of fused-ring (bicyclic) bond motifs is 12. The fraction of sp³-hybridized carbons (Fsp3) is 0.0571. The Morgan fingerprint density at radius 1 is 0.356 bits per heavy atom. The van der Waals surface area contributed by atoms with Crippen LogP contribution in [0.5, 0.6) is 0 Å². The Morgan fingerprint density at radius 2 is 0.877 bits per heavy atom. The highest BCUT2D eigenvalue weighted by Crippen LogP contribution is 2.58. The summed E-state index contributed by atoms with van der Waals surface area (Å²) >= 11 is 0. The van der Waals surface area contributed by atoms with E-state index in [9.17, 15) is 0 Å². The minimum Gasteiger partial charge on any atom is -0.455 e. The van der Waals surface area contributed by atoms with Gasteiger partial charge in [0.2, 0.25) is 0 Å². The van der Waals surface area contributed by atoms with Gasteiger partial charge in [0.1, 0.15) is 11.2 Å². The lowest BCUT2D eigenvalue weighted by Gasteiger charge is -2.34. The summed E-state index contributed by atoms with van der Waals surface area (Å²) in [6.07, 6.45) is 0. The van der Waals surface area contributed by atoms with E-state index in [4.69, 9.17) is 4.42 Å². The maximum atomic E-state index is 6.55. The van der Waals surface area contributed by atoms with Crippen LogP contribution in [0.2, 0.25) is 0 Å². The maximum absolute atomic E-state index is 6.55. The smallest absolute Gasteiger partial charge is 0.143 e. The van der Waals surface area contributed by atoms with Crippen molar-refractivity contribution >= 4 is 60.8 Å². The largest absolute Gasteiger partial charge is 0.455 e.